The maximum atomic E-state index is 13.7. The van der Waals surface area contributed by atoms with Crippen molar-refractivity contribution in [1.29, 1.82) is 0 Å². The van der Waals surface area contributed by atoms with Gasteiger partial charge in [-0.05, 0) is 0 Å². The van der Waals surface area contributed by atoms with Gasteiger partial charge < -0.3 is 9.47 Å². The molecule has 0 heterocycles. The summed E-state index contributed by atoms with van der Waals surface area (Å²) in [5.74, 6) is -17.6. The van der Waals surface area contributed by atoms with Crippen molar-refractivity contribution in [2.75, 3.05) is 13.2 Å². The van der Waals surface area contributed by atoms with Gasteiger partial charge in [-0.2, -0.15) is 43.9 Å². The molecule has 0 spiro atoms. The van der Waals surface area contributed by atoms with E-state index in [0.29, 0.717) is 0 Å². The van der Waals surface area contributed by atoms with Crippen molar-refractivity contribution >= 4 is 0 Å². The summed E-state index contributed by atoms with van der Waals surface area (Å²) in [5.41, 5.74) is 0. The Morgan fingerprint density at radius 1 is 0.783 bits per heavy atom. The van der Waals surface area contributed by atoms with E-state index in [1.54, 1.807) is 0 Å². The van der Waals surface area contributed by atoms with Gasteiger partial charge in [0, 0.05) is 0 Å². The minimum atomic E-state index is -6.21. The number of ether oxygens (including phenoxy) is 2. The summed E-state index contributed by atoms with van der Waals surface area (Å²) in [7, 11) is 0. The van der Waals surface area contributed by atoms with Crippen molar-refractivity contribution in [2.45, 2.75) is 42.3 Å². The number of alkyl halides is 12. The van der Waals surface area contributed by atoms with Crippen LogP contribution in [0.25, 0.3) is 0 Å². The smallest absolute Gasteiger partial charge is 0.359 e. The molecule has 1 unspecified atom stereocenters. The van der Waals surface area contributed by atoms with Crippen molar-refractivity contribution in [2.24, 2.45) is 0 Å². The average Bonchev–Trinajstić information content (AvgIpc) is 2.41. The molecular weight excluding hydrogens is 368 g/mol. The van der Waals surface area contributed by atoms with Crippen LogP contribution in [0.1, 0.15) is 0 Å². The van der Waals surface area contributed by atoms with E-state index in [9.17, 15) is 52.7 Å². The first-order chi connectivity index (χ1) is 9.96. The Bertz CT molecular complexity index is 429. The molecule has 0 bridgehead atoms. The van der Waals surface area contributed by atoms with Crippen LogP contribution < -0.4 is 0 Å². The maximum absolute atomic E-state index is 13.7. The highest BCUT2D eigenvalue weighted by Crippen LogP contribution is 2.58. The van der Waals surface area contributed by atoms with Crippen molar-refractivity contribution in [3.8, 4) is 0 Å². The second-order valence-corrected chi connectivity index (χ2v) is 4.49. The van der Waals surface area contributed by atoms with E-state index in [2.05, 4.69) is 9.47 Å². The Morgan fingerprint density at radius 3 is 1.61 bits per heavy atom. The molecule has 0 radical (unpaired) electrons. The topological polar surface area (TPSA) is 18.5 Å². The van der Waals surface area contributed by atoms with E-state index in [0.717, 1.165) is 0 Å². The third-order valence-electron chi connectivity index (χ3n) is 2.70. The molecule has 14 heteroatoms. The first kappa shape index (κ1) is 20.1. The summed E-state index contributed by atoms with van der Waals surface area (Å²) >= 11 is 0. The fraction of sp³-hybridized carbons (Fsp3) is 1.00. The largest absolute Gasteiger partial charge is 0.411 e. The maximum Gasteiger partial charge on any atom is 0.411 e. The van der Waals surface area contributed by atoms with Crippen LogP contribution in [0.15, 0.2) is 0 Å². The van der Waals surface area contributed by atoms with Gasteiger partial charge in [0.25, 0.3) is 0 Å². The molecule has 1 rings (SSSR count). The molecule has 3 atom stereocenters. The lowest BCUT2D eigenvalue weighted by molar-refractivity contribution is -0.343. The molecule has 2 nitrogen and oxygen atoms in total. The van der Waals surface area contributed by atoms with Gasteiger partial charge in [0.15, 0.2) is 12.3 Å². The first-order valence-electron chi connectivity index (χ1n) is 5.43. The van der Waals surface area contributed by atoms with E-state index < -0.39 is 55.5 Å². The zero-order valence-corrected chi connectivity index (χ0v) is 10.4. The summed E-state index contributed by atoms with van der Waals surface area (Å²) in [6.07, 6.45) is -19.2. The molecule has 0 aromatic heterocycles. The molecule has 0 amide bonds. The lowest BCUT2D eigenvalue weighted by atomic mass is 10.1. The van der Waals surface area contributed by atoms with Gasteiger partial charge in [0.05, 0.1) is 0 Å². The minimum absolute atomic E-state index is 2.65. The molecule has 1 fully saturated rings. The second kappa shape index (κ2) is 5.57. The van der Waals surface area contributed by atoms with Gasteiger partial charge in [0.1, 0.15) is 13.2 Å². The van der Waals surface area contributed by atoms with E-state index in [4.69, 9.17) is 0 Å². The Morgan fingerprint density at radius 2 is 1.22 bits per heavy atom. The van der Waals surface area contributed by atoms with Crippen molar-refractivity contribution in [3.05, 3.63) is 0 Å². The highest BCUT2D eigenvalue weighted by molar-refractivity contribution is 5.16. The Kier molecular flexibility index (Phi) is 4.87. The number of hydrogen-bond acceptors (Lipinski definition) is 2. The van der Waals surface area contributed by atoms with E-state index in [1.807, 2.05) is 0 Å². The minimum Gasteiger partial charge on any atom is -0.359 e. The monoisotopic (exact) mass is 374 g/mol. The molecule has 1 saturated carbocycles. The van der Waals surface area contributed by atoms with Crippen molar-refractivity contribution in [1.82, 2.24) is 0 Å². The van der Waals surface area contributed by atoms with Crippen LogP contribution in [-0.2, 0) is 9.47 Å². The SMILES string of the molecule is F[C@H]1[C@@H](OCC(F)(F)F)C(F)(F)C(F)(F)C1(F)OCC(F)(F)F. The Hall–Kier alpha value is -0.920. The molecule has 23 heavy (non-hydrogen) atoms. The molecule has 1 aliphatic rings. The van der Waals surface area contributed by atoms with Crippen LogP contribution in [0, 0.1) is 0 Å². The quantitative estimate of drug-likeness (QED) is 0.697. The summed E-state index contributed by atoms with van der Waals surface area (Å²) in [6, 6.07) is 0. The van der Waals surface area contributed by atoms with Crippen LogP contribution in [-0.4, -0.2) is 55.5 Å². The summed E-state index contributed by atoms with van der Waals surface area (Å²) < 4.78 is 157. The highest BCUT2D eigenvalue weighted by Gasteiger charge is 2.86. The first-order valence-corrected chi connectivity index (χ1v) is 5.43. The van der Waals surface area contributed by atoms with Crippen LogP contribution in [0.2, 0.25) is 0 Å². The van der Waals surface area contributed by atoms with Gasteiger partial charge in [-0.25, -0.2) is 8.78 Å². The zero-order valence-electron chi connectivity index (χ0n) is 10.4. The highest BCUT2D eigenvalue weighted by atomic mass is 19.4. The van der Waals surface area contributed by atoms with Crippen molar-refractivity contribution in [3.63, 3.8) is 0 Å². The molecule has 138 valence electrons. The Labute approximate surface area is 119 Å². The van der Waals surface area contributed by atoms with Crippen LogP contribution >= 0.6 is 0 Å². The fourth-order valence-electron chi connectivity index (χ4n) is 1.69. The summed E-state index contributed by atoms with van der Waals surface area (Å²) in [6.45, 7) is -5.53. The fourth-order valence-corrected chi connectivity index (χ4v) is 1.69. The summed E-state index contributed by atoms with van der Waals surface area (Å²) in [4.78, 5) is 0. The van der Waals surface area contributed by atoms with Gasteiger partial charge in [-0.15, -0.1) is 0 Å². The van der Waals surface area contributed by atoms with Crippen LogP contribution in [0.3, 0.4) is 0 Å². The van der Waals surface area contributed by atoms with E-state index in [1.165, 1.54) is 0 Å². The molecule has 0 aromatic carbocycles. The lowest BCUT2D eigenvalue weighted by Crippen LogP contribution is -2.54. The Balaban J connectivity index is 3.09. The second-order valence-electron chi connectivity index (χ2n) is 4.49. The zero-order chi connectivity index (χ0) is 18.5. The van der Waals surface area contributed by atoms with Gasteiger partial charge >= 0.3 is 30.1 Å². The predicted molar refractivity (Wildman–Crippen MR) is 46.4 cm³/mol. The van der Waals surface area contributed by atoms with E-state index >= 15 is 0 Å². The predicted octanol–water partition coefficient (Wildman–Crippen LogP) is 3.80. The average molecular weight is 374 g/mol. The number of hydrogen-bond donors (Lipinski definition) is 0. The summed E-state index contributed by atoms with van der Waals surface area (Å²) in [5, 5.41) is 0. The normalized spacial score (nSPS) is 33.9. The van der Waals surface area contributed by atoms with Gasteiger partial charge in [-0.1, -0.05) is 0 Å². The number of halogens is 12. The number of rotatable bonds is 4. The van der Waals surface area contributed by atoms with Gasteiger partial charge in [0.2, 0.25) is 0 Å². The third kappa shape index (κ3) is 3.61. The lowest BCUT2D eigenvalue weighted by Gasteiger charge is -2.29. The molecule has 0 N–H and O–H groups in total. The van der Waals surface area contributed by atoms with Crippen LogP contribution in [0.5, 0.6) is 0 Å². The molecular formula is C9H6F12O2. The van der Waals surface area contributed by atoms with Crippen LogP contribution in [0.4, 0.5) is 52.7 Å². The standard InChI is InChI=1S/C9H6F12O2/c10-3-4(22-1-5(11,12)13)7(17,18)9(20,21)8(3,19)23-2-6(14,15)16/h3-4H,1-2H2/t3-,4+,8?/m0/s1. The molecule has 0 aromatic rings. The van der Waals surface area contributed by atoms with Gasteiger partial charge in [-0.3, -0.25) is 0 Å². The van der Waals surface area contributed by atoms with E-state index in [-0.39, 0.29) is 0 Å². The molecule has 0 aliphatic heterocycles. The molecule has 0 saturated heterocycles. The van der Waals surface area contributed by atoms with Crippen molar-refractivity contribution < 1.29 is 62.2 Å². The molecule has 1 aliphatic carbocycles. The third-order valence-corrected chi connectivity index (χ3v) is 2.70.